The molecule has 86 valence electrons. The summed E-state index contributed by atoms with van der Waals surface area (Å²) in [7, 11) is 0. The zero-order valence-electron chi connectivity index (χ0n) is 9.10. The van der Waals surface area contributed by atoms with Gasteiger partial charge in [0, 0.05) is 18.8 Å². The number of anilines is 1. The molecule has 1 heterocycles. The molecule has 1 aromatic carbocycles. The van der Waals surface area contributed by atoms with E-state index >= 15 is 0 Å². The predicted octanol–water partition coefficient (Wildman–Crippen LogP) is 0.374. The second-order valence-corrected chi connectivity index (χ2v) is 3.87. The van der Waals surface area contributed by atoms with E-state index in [-0.39, 0.29) is 12.5 Å². The molecule has 4 nitrogen and oxygen atoms in total. The molecule has 1 atom stereocenters. The van der Waals surface area contributed by atoms with E-state index in [1.165, 1.54) is 0 Å². The largest absolute Gasteiger partial charge is 0.394 e. The van der Waals surface area contributed by atoms with Crippen LogP contribution in [0.25, 0.3) is 0 Å². The number of rotatable bonds is 2. The molecular formula is C12H16N2O2. The number of benzene rings is 1. The Morgan fingerprint density at radius 3 is 2.81 bits per heavy atom. The van der Waals surface area contributed by atoms with E-state index in [9.17, 15) is 9.90 Å². The average molecular weight is 220 g/mol. The van der Waals surface area contributed by atoms with Crippen LogP contribution in [-0.4, -0.2) is 36.8 Å². The van der Waals surface area contributed by atoms with Gasteiger partial charge in [0.15, 0.2) is 0 Å². The van der Waals surface area contributed by atoms with Gasteiger partial charge >= 0.3 is 0 Å². The molecule has 1 aliphatic heterocycles. The number of aliphatic hydroxyl groups is 1. The van der Waals surface area contributed by atoms with Crippen molar-refractivity contribution in [3.8, 4) is 0 Å². The third-order valence-electron chi connectivity index (χ3n) is 2.81. The van der Waals surface area contributed by atoms with Crippen LogP contribution in [0, 0.1) is 0 Å². The third kappa shape index (κ3) is 2.17. The molecule has 1 fully saturated rings. The second-order valence-electron chi connectivity index (χ2n) is 3.87. The van der Waals surface area contributed by atoms with E-state index in [4.69, 9.17) is 0 Å². The van der Waals surface area contributed by atoms with Gasteiger partial charge < -0.3 is 15.3 Å². The smallest absolute Gasteiger partial charge is 0.245 e. The molecule has 4 heteroatoms. The first-order valence-corrected chi connectivity index (χ1v) is 5.53. The number of nitrogens with one attached hydrogen (secondary N) is 1. The van der Waals surface area contributed by atoms with Gasteiger partial charge in [0.25, 0.3) is 0 Å². The van der Waals surface area contributed by atoms with Crippen LogP contribution in [0.3, 0.4) is 0 Å². The quantitative estimate of drug-likeness (QED) is 0.757. The second kappa shape index (κ2) is 4.99. The van der Waals surface area contributed by atoms with Crippen LogP contribution in [-0.2, 0) is 4.79 Å². The van der Waals surface area contributed by atoms with Crippen molar-refractivity contribution in [2.75, 3.05) is 24.6 Å². The van der Waals surface area contributed by atoms with Gasteiger partial charge in [-0.2, -0.15) is 0 Å². The van der Waals surface area contributed by atoms with Crippen LogP contribution in [0.15, 0.2) is 30.3 Å². The highest BCUT2D eigenvalue weighted by atomic mass is 16.3. The van der Waals surface area contributed by atoms with Crippen molar-refractivity contribution < 1.29 is 9.90 Å². The highest BCUT2D eigenvalue weighted by Crippen LogP contribution is 2.18. The van der Waals surface area contributed by atoms with Crippen LogP contribution in [0.5, 0.6) is 0 Å². The van der Waals surface area contributed by atoms with E-state index in [0.717, 1.165) is 18.7 Å². The van der Waals surface area contributed by atoms with E-state index in [2.05, 4.69) is 5.32 Å². The fourth-order valence-corrected chi connectivity index (χ4v) is 1.99. The van der Waals surface area contributed by atoms with Gasteiger partial charge in [0.05, 0.1) is 6.61 Å². The van der Waals surface area contributed by atoms with E-state index in [1.54, 1.807) is 0 Å². The van der Waals surface area contributed by atoms with E-state index in [1.807, 2.05) is 35.2 Å². The molecule has 0 aromatic heterocycles. The molecule has 1 aliphatic rings. The van der Waals surface area contributed by atoms with Gasteiger partial charge in [0.2, 0.25) is 5.91 Å². The lowest BCUT2D eigenvalue weighted by Crippen LogP contribution is -2.46. The molecule has 1 unspecified atom stereocenters. The lowest BCUT2D eigenvalue weighted by molar-refractivity contribution is -0.122. The highest BCUT2D eigenvalue weighted by molar-refractivity contribution is 5.85. The molecule has 0 bridgehead atoms. The SMILES string of the molecule is O=C1NCCCN(c2ccccc2)C1CO. The Labute approximate surface area is 94.9 Å². The Hall–Kier alpha value is -1.55. The van der Waals surface area contributed by atoms with Crippen molar-refractivity contribution in [3.63, 3.8) is 0 Å². The minimum absolute atomic E-state index is 0.0937. The zero-order chi connectivity index (χ0) is 11.4. The maximum atomic E-state index is 11.7. The predicted molar refractivity (Wildman–Crippen MR) is 62.3 cm³/mol. The molecule has 1 saturated heterocycles. The minimum Gasteiger partial charge on any atom is -0.394 e. The molecule has 1 amide bonds. The van der Waals surface area contributed by atoms with Crippen molar-refractivity contribution in [1.82, 2.24) is 5.32 Å². The Bertz CT molecular complexity index is 353. The fraction of sp³-hybridized carbons (Fsp3) is 0.417. The monoisotopic (exact) mass is 220 g/mol. The molecule has 2 N–H and O–H groups in total. The molecule has 0 spiro atoms. The number of amides is 1. The summed E-state index contributed by atoms with van der Waals surface area (Å²) in [5, 5.41) is 12.1. The first kappa shape index (κ1) is 11.0. The minimum atomic E-state index is -0.468. The van der Waals surface area contributed by atoms with Gasteiger partial charge in [-0.05, 0) is 18.6 Å². The lowest BCUT2D eigenvalue weighted by Gasteiger charge is -2.28. The van der Waals surface area contributed by atoms with E-state index < -0.39 is 6.04 Å². The van der Waals surface area contributed by atoms with Crippen molar-refractivity contribution >= 4 is 11.6 Å². The topological polar surface area (TPSA) is 52.6 Å². The highest BCUT2D eigenvalue weighted by Gasteiger charge is 2.27. The van der Waals surface area contributed by atoms with Gasteiger partial charge in [0.1, 0.15) is 6.04 Å². The number of para-hydroxylation sites is 1. The molecule has 2 rings (SSSR count). The normalized spacial score (nSPS) is 21.4. The number of hydrogen-bond donors (Lipinski definition) is 2. The van der Waals surface area contributed by atoms with Crippen LogP contribution in [0.4, 0.5) is 5.69 Å². The molecule has 16 heavy (non-hydrogen) atoms. The summed E-state index contributed by atoms with van der Waals surface area (Å²) in [5.74, 6) is -0.0937. The maximum absolute atomic E-state index is 11.7. The van der Waals surface area contributed by atoms with Crippen LogP contribution in [0.1, 0.15) is 6.42 Å². The number of carbonyl (C=O) groups is 1. The maximum Gasteiger partial charge on any atom is 0.245 e. The van der Waals surface area contributed by atoms with Gasteiger partial charge in [-0.15, -0.1) is 0 Å². The zero-order valence-corrected chi connectivity index (χ0v) is 9.10. The molecule has 0 saturated carbocycles. The van der Waals surface area contributed by atoms with E-state index in [0.29, 0.717) is 6.54 Å². The lowest BCUT2D eigenvalue weighted by atomic mass is 10.2. The van der Waals surface area contributed by atoms with Crippen LogP contribution >= 0.6 is 0 Å². The van der Waals surface area contributed by atoms with Crippen LogP contribution in [0.2, 0.25) is 0 Å². The summed E-state index contributed by atoms with van der Waals surface area (Å²) in [4.78, 5) is 13.7. The first-order chi connectivity index (χ1) is 7.83. The van der Waals surface area contributed by atoms with Gasteiger partial charge in [-0.1, -0.05) is 18.2 Å². The summed E-state index contributed by atoms with van der Waals surface area (Å²) < 4.78 is 0. The number of carbonyl (C=O) groups excluding carboxylic acids is 1. The summed E-state index contributed by atoms with van der Waals surface area (Å²) in [5.41, 5.74) is 0.985. The fourth-order valence-electron chi connectivity index (χ4n) is 1.99. The van der Waals surface area contributed by atoms with Crippen molar-refractivity contribution in [2.45, 2.75) is 12.5 Å². The Morgan fingerprint density at radius 1 is 1.38 bits per heavy atom. The molecular weight excluding hydrogens is 204 g/mol. The number of hydrogen-bond acceptors (Lipinski definition) is 3. The summed E-state index contributed by atoms with van der Waals surface area (Å²) in [6.07, 6.45) is 0.900. The van der Waals surface area contributed by atoms with Crippen molar-refractivity contribution in [2.24, 2.45) is 0 Å². The van der Waals surface area contributed by atoms with Gasteiger partial charge in [-0.25, -0.2) is 0 Å². The Morgan fingerprint density at radius 2 is 2.12 bits per heavy atom. The Kier molecular flexibility index (Phi) is 3.41. The summed E-state index contributed by atoms with van der Waals surface area (Å²) >= 11 is 0. The number of aliphatic hydroxyl groups excluding tert-OH is 1. The average Bonchev–Trinajstić information content (AvgIpc) is 2.52. The third-order valence-corrected chi connectivity index (χ3v) is 2.81. The standard InChI is InChI=1S/C12H16N2O2/c15-9-11-12(16)13-7-4-8-14(11)10-5-2-1-3-6-10/h1-3,5-6,11,15H,4,7-9H2,(H,13,16). The molecule has 0 radical (unpaired) electrons. The first-order valence-electron chi connectivity index (χ1n) is 5.53. The van der Waals surface area contributed by atoms with Crippen molar-refractivity contribution in [3.05, 3.63) is 30.3 Å². The summed E-state index contributed by atoms with van der Waals surface area (Å²) in [6.45, 7) is 1.31. The van der Waals surface area contributed by atoms with Crippen molar-refractivity contribution in [1.29, 1.82) is 0 Å². The summed E-state index contributed by atoms with van der Waals surface area (Å²) in [6, 6.07) is 9.27. The Balaban J connectivity index is 2.26. The van der Waals surface area contributed by atoms with Crippen LogP contribution < -0.4 is 10.2 Å². The number of nitrogens with zero attached hydrogens (tertiary/aromatic N) is 1. The molecule has 1 aromatic rings. The molecule has 0 aliphatic carbocycles. The van der Waals surface area contributed by atoms with Gasteiger partial charge in [-0.3, -0.25) is 4.79 Å².